The maximum Gasteiger partial charge on any atom is -0.0000476 e. The Morgan fingerprint density at radius 1 is 0.114 bits per heavy atom. The average molecular weight is 875 g/mol. The van der Waals surface area contributed by atoms with Gasteiger partial charge in [-0.25, -0.2) is 0 Å². The van der Waals surface area contributed by atoms with Gasteiger partial charge in [0.05, 0.1) is 0 Å². The molecule has 0 saturated carbocycles. The lowest BCUT2D eigenvalue weighted by Gasteiger charge is -2.29. The van der Waals surface area contributed by atoms with E-state index in [9.17, 15) is 0 Å². The number of hydrogen-bond donors (Lipinski definition) is 0. The van der Waals surface area contributed by atoms with E-state index in [4.69, 9.17) is 0 Å². The van der Waals surface area contributed by atoms with Crippen LogP contribution in [0.5, 0.6) is 0 Å². The van der Waals surface area contributed by atoms with Crippen LogP contribution in [0.25, 0.3) is 194 Å². The Bertz CT molecular complexity index is 4760. The van der Waals surface area contributed by atoms with E-state index in [1.165, 1.54) is 194 Å². The van der Waals surface area contributed by atoms with E-state index in [0.717, 1.165) is 0 Å². The molecule has 0 aliphatic heterocycles. The Balaban J connectivity index is 0.000000120. The highest BCUT2D eigenvalue weighted by Crippen LogP contribution is 2.60. The second-order valence-electron chi connectivity index (χ2n) is 20.4. The molecular formula is C70H34. The molecule has 0 aliphatic carbocycles. The van der Waals surface area contributed by atoms with Gasteiger partial charge in [0.15, 0.2) is 0 Å². The topological polar surface area (TPSA) is 0 Å². The third kappa shape index (κ3) is 3.77. The van der Waals surface area contributed by atoms with Crippen molar-refractivity contribution in [2.45, 2.75) is 0 Å². The van der Waals surface area contributed by atoms with Gasteiger partial charge in [-0.15, -0.1) is 0 Å². The summed E-state index contributed by atoms with van der Waals surface area (Å²) in [4.78, 5) is 0. The molecule has 0 amide bonds. The van der Waals surface area contributed by atoms with Crippen LogP contribution in [0.4, 0.5) is 0 Å². The highest BCUT2D eigenvalue weighted by molar-refractivity contribution is 6.61. The number of rotatable bonds is 0. The van der Waals surface area contributed by atoms with Crippen molar-refractivity contribution in [1.29, 1.82) is 0 Å². The highest BCUT2D eigenvalue weighted by Gasteiger charge is 2.31. The van der Waals surface area contributed by atoms with Crippen LogP contribution in [0, 0.1) is 0 Å². The predicted molar refractivity (Wildman–Crippen MR) is 306 cm³/mol. The highest BCUT2D eigenvalue weighted by atomic mass is 14.3. The van der Waals surface area contributed by atoms with E-state index in [1.807, 2.05) is 0 Å². The molecule has 0 unspecified atom stereocenters. The zero-order valence-electron chi connectivity index (χ0n) is 37.6. The maximum absolute atomic E-state index is 2.38. The van der Waals surface area contributed by atoms with Crippen molar-refractivity contribution in [3.05, 3.63) is 206 Å². The summed E-state index contributed by atoms with van der Waals surface area (Å²) in [5.41, 5.74) is 0. The Labute approximate surface area is 398 Å². The zero-order valence-corrected chi connectivity index (χ0v) is 37.6. The molecule has 0 heteroatoms. The van der Waals surface area contributed by atoms with E-state index in [1.54, 1.807) is 0 Å². The lowest BCUT2D eigenvalue weighted by Crippen LogP contribution is -1.99. The van der Waals surface area contributed by atoms with Crippen molar-refractivity contribution < 1.29 is 0 Å². The van der Waals surface area contributed by atoms with Gasteiger partial charge >= 0.3 is 0 Å². The van der Waals surface area contributed by atoms with E-state index in [0.29, 0.717) is 0 Å². The van der Waals surface area contributed by atoms with E-state index in [2.05, 4.69) is 206 Å². The summed E-state index contributed by atoms with van der Waals surface area (Å²) in [6.45, 7) is 0. The largest absolute Gasteiger partial charge is 0.0616 e. The third-order valence-electron chi connectivity index (χ3n) is 17.5. The molecule has 0 spiro atoms. The molecule has 0 aliphatic rings. The minimum absolute atomic E-state index is 1.31. The molecule has 0 bridgehead atoms. The molecule has 0 saturated heterocycles. The Morgan fingerprint density at radius 2 is 0.300 bits per heavy atom. The summed E-state index contributed by atoms with van der Waals surface area (Å²) < 4.78 is 0. The number of fused-ring (bicyclic) bond motifs is 13. The minimum atomic E-state index is 1.31. The normalized spacial score (nSPS) is 13.1. The molecule has 0 atom stereocenters. The van der Waals surface area contributed by atoms with Gasteiger partial charge in [0.1, 0.15) is 0 Å². The SMILES string of the molecule is c1cc2c3cccc4c5cccc6c7cccc8c9cccc%10c%11cccc%12c(c1)c2c1c(c34)c(c56)c(c78)c(c%109)c1c%12%11.c1ccc2c(c1)cc1c3ccccc3c3cc4ccccc4c4ccc2c1c43. The monoisotopic (exact) mass is 874 g/mol. The van der Waals surface area contributed by atoms with Gasteiger partial charge in [-0.05, 0) is 206 Å². The summed E-state index contributed by atoms with van der Waals surface area (Å²) in [5.74, 6) is 0. The van der Waals surface area contributed by atoms with Crippen LogP contribution in [0.15, 0.2) is 206 Å². The third-order valence-corrected chi connectivity index (χ3v) is 17.5. The summed E-state index contributed by atoms with van der Waals surface area (Å²) >= 11 is 0. The lowest BCUT2D eigenvalue weighted by molar-refractivity contribution is 1.78. The fourth-order valence-corrected chi connectivity index (χ4v) is 15.1. The molecule has 20 rings (SSSR count). The molecular weight excluding hydrogens is 841 g/mol. The van der Waals surface area contributed by atoms with Crippen LogP contribution < -0.4 is 0 Å². The average Bonchev–Trinajstić information content (AvgIpc) is 3.48. The summed E-state index contributed by atoms with van der Waals surface area (Å²) in [6, 6.07) is 77.9. The molecule has 0 radical (unpaired) electrons. The molecule has 0 heterocycles. The van der Waals surface area contributed by atoms with Crippen molar-refractivity contribution in [1.82, 2.24) is 0 Å². The first kappa shape index (κ1) is 35.1. The molecule has 70 heavy (non-hydrogen) atoms. The first-order valence-corrected chi connectivity index (χ1v) is 24.8. The first-order chi connectivity index (χ1) is 34.8. The van der Waals surface area contributed by atoms with Crippen molar-refractivity contribution in [2.24, 2.45) is 0 Å². The summed E-state index contributed by atoms with van der Waals surface area (Å²) in [7, 11) is 0. The Kier molecular flexibility index (Phi) is 5.90. The fraction of sp³-hybridized carbons (Fsp3) is 0. The van der Waals surface area contributed by atoms with Crippen LogP contribution in [0.1, 0.15) is 0 Å². The van der Waals surface area contributed by atoms with Crippen LogP contribution in [0.2, 0.25) is 0 Å². The van der Waals surface area contributed by atoms with Crippen LogP contribution in [-0.4, -0.2) is 0 Å². The van der Waals surface area contributed by atoms with E-state index in [-0.39, 0.29) is 0 Å². The van der Waals surface area contributed by atoms with E-state index < -0.39 is 0 Å². The predicted octanol–water partition coefficient (Wildman–Crippen LogP) is 20.2. The Hall–Kier alpha value is -9.10. The molecule has 0 N–H and O–H groups in total. The van der Waals surface area contributed by atoms with Crippen molar-refractivity contribution in [3.8, 4) is 0 Å². The maximum atomic E-state index is 2.38. The second kappa shape index (κ2) is 11.8. The van der Waals surface area contributed by atoms with Crippen LogP contribution in [0.3, 0.4) is 0 Å². The van der Waals surface area contributed by atoms with Gasteiger partial charge in [0.2, 0.25) is 0 Å². The van der Waals surface area contributed by atoms with Gasteiger partial charge in [-0.3, -0.25) is 0 Å². The first-order valence-electron chi connectivity index (χ1n) is 24.8. The standard InChI is InChI=1S/C42H18.C28H16/c1-7-19-21-9-2-11-23-25-13-4-15-27-29-17-6-18-30-28-16-5-14-26-24-12-3-10-22-20(8-1)31(19)37-38(32(21)23)40(34(25)27)42(36(29)30)41(35(26)28)39(37)33(22)24;1-3-9-19-17(7-1)15-25-21-11-5-6-12-22(21)26-16-18-8-2-4-10-20(18)24-14-13-23(19)27(25)28(24)26/h1-18H;1-16H. The van der Waals surface area contributed by atoms with Crippen molar-refractivity contribution in [3.63, 3.8) is 0 Å². The van der Waals surface area contributed by atoms with E-state index >= 15 is 0 Å². The molecule has 0 aromatic heterocycles. The molecule has 20 aromatic carbocycles. The summed E-state index contributed by atoms with van der Waals surface area (Å²) in [5, 5.41) is 50.1. The quantitative estimate of drug-likeness (QED) is 0.105. The Morgan fingerprint density at radius 3 is 0.557 bits per heavy atom. The van der Waals surface area contributed by atoms with Crippen molar-refractivity contribution in [2.75, 3.05) is 0 Å². The molecule has 20 aromatic rings. The van der Waals surface area contributed by atoms with Gasteiger partial charge in [-0.1, -0.05) is 194 Å². The van der Waals surface area contributed by atoms with Crippen molar-refractivity contribution >= 4 is 194 Å². The smallest absolute Gasteiger partial charge is 0.0000476 e. The molecule has 0 fully saturated rings. The lowest BCUT2D eigenvalue weighted by atomic mass is 9.73. The second-order valence-corrected chi connectivity index (χ2v) is 20.4. The fourth-order valence-electron chi connectivity index (χ4n) is 15.1. The number of benzene rings is 20. The molecule has 0 nitrogen and oxygen atoms in total. The van der Waals surface area contributed by atoms with Gasteiger partial charge in [0.25, 0.3) is 0 Å². The van der Waals surface area contributed by atoms with Gasteiger partial charge < -0.3 is 0 Å². The number of hydrogen-bond acceptors (Lipinski definition) is 0. The zero-order chi connectivity index (χ0) is 44.8. The van der Waals surface area contributed by atoms with Crippen LogP contribution >= 0.6 is 0 Å². The summed E-state index contributed by atoms with van der Waals surface area (Å²) in [6.07, 6.45) is 0. The van der Waals surface area contributed by atoms with Gasteiger partial charge in [0, 0.05) is 0 Å². The minimum Gasteiger partial charge on any atom is -0.0616 e. The van der Waals surface area contributed by atoms with Crippen LogP contribution in [-0.2, 0) is 0 Å². The molecule has 314 valence electrons. The van der Waals surface area contributed by atoms with Gasteiger partial charge in [-0.2, -0.15) is 0 Å².